The van der Waals surface area contributed by atoms with Crippen LogP contribution in [0.3, 0.4) is 0 Å². The van der Waals surface area contributed by atoms with Crippen molar-refractivity contribution in [2.24, 2.45) is 0 Å². The van der Waals surface area contributed by atoms with Gasteiger partial charge in [-0.2, -0.15) is 0 Å². The molecule has 2 heterocycles. The number of carbonyl (C=O) groups excluding carboxylic acids is 1. The molecule has 7 heteroatoms. The molecule has 28 heavy (non-hydrogen) atoms. The molecule has 2 aromatic carbocycles. The molecular formula is C21H21N3O2S2. The van der Waals surface area contributed by atoms with Gasteiger partial charge < -0.3 is 9.32 Å². The fourth-order valence-electron chi connectivity index (χ4n) is 3.14. The minimum atomic E-state index is 0.0581. The van der Waals surface area contributed by atoms with Crippen LogP contribution in [0, 0.1) is 6.92 Å². The fourth-order valence-corrected chi connectivity index (χ4v) is 4.89. The molecule has 144 valence electrons. The van der Waals surface area contributed by atoms with E-state index in [9.17, 15) is 4.79 Å². The van der Waals surface area contributed by atoms with Crippen molar-refractivity contribution in [3.05, 3.63) is 54.1 Å². The Balaban J connectivity index is 1.46. The second kappa shape index (κ2) is 8.41. The van der Waals surface area contributed by atoms with Crippen molar-refractivity contribution >= 4 is 35.1 Å². The number of para-hydroxylation sites is 1. The molecule has 0 spiro atoms. The summed E-state index contributed by atoms with van der Waals surface area (Å²) in [7, 11) is 0. The van der Waals surface area contributed by atoms with E-state index in [1.807, 2.05) is 66.1 Å². The molecule has 1 amide bonds. The number of aryl methyl sites for hydroxylation is 1. The van der Waals surface area contributed by atoms with E-state index in [4.69, 9.17) is 4.42 Å². The molecule has 0 saturated carbocycles. The molecule has 4 rings (SSSR count). The van der Waals surface area contributed by atoms with Crippen LogP contribution in [0.15, 0.2) is 63.1 Å². The van der Waals surface area contributed by atoms with Gasteiger partial charge in [0.25, 0.3) is 5.22 Å². The summed E-state index contributed by atoms with van der Waals surface area (Å²) in [5.74, 6) is 0.809. The zero-order chi connectivity index (χ0) is 19.5. The van der Waals surface area contributed by atoms with Crippen molar-refractivity contribution < 1.29 is 9.21 Å². The Labute approximate surface area is 172 Å². The SMILES string of the molecule is Cc1ccccc1-c1nnc(SCC(=O)N2CC[C@H](C)Sc3ccccc32)o1. The number of carbonyl (C=O) groups is 1. The van der Waals surface area contributed by atoms with Gasteiger partial charge >= 0.3 is 0 Å². The van der Waals surface area contributed by atoms with Crippen molar-refractivity contribution in [2.75, 3.05) is 17.2 Å². The average Bonchev–Trinajstić information content (AvgIpc) is 3.09. The highest BCUT2D eigenvalue weighted by atomic mass is 32.2. The molecule has 0 aliphatic carbocycles. The van der Waals surface area contributed by atoms with Crippen LogP contribution in [0.2, 0.25) is 0 Å². The van der Waals surface area contributed by atoms with E-state index in [0.29, 0.717) is 16.4 Å². The molecule has 1 atom stereocenters. The van der Waals surface area contributed by atoms with E-state index in [-0.39, 0.29) is 11.7 Å². The smallest absolute Gasteiger partial charge is 0.277 e. The Morgan fingerprint density at radius 1 is 1.21 bits per heavy atom. The number of fused-ring (bicyclic) bond motifs is 1. The number of amides is 1. The lowest BCUT2D eigenvalue weighted by molar-refractivity contribution is -0.116. The van der Waals surface area contributed by atoms with Gasteiger partial charge in [0, 0.05) is 22.3 Å². The van der Waals surface area contributed by atoms with Crippen LogP contribution in [0.4, 0.5) is 5.69 Å². The van der Waals surface area contributed by atoms with E-state index in [2.05, 4.69) is 23.2 Å². The Kier molecular flexibility index (Phi) is 5.73. The number of rotatable bonds is 4. The first kappa shape index (κ1) is 19.1. The van der Waals surface area contributed by atoms with E-state index in [1.54, 1.807) is 0 Å². The second-order valence-corrected chi connectivity index (χ2v) is 9.11. The third kappa shape index (κ3) is 4.10. The first-order valence-electron chi connectivity index (χ1n) is 9.20. The number of nitrogens with zero attached hydrogens (tertiary/aromatic N) is 3. The minimum Gasteiger partial charge on any atom is -0.411 e. The van der Waals surface area contributed by atoms with Gasteiger partial charge in [-0.1, -0.05) is 49.0 Å². The van der Waals surface area contributed by atoms with Gasteiger partial charge in [-0.3, -0.25) is 4.79 Å². The molecule has 3 aromatic rings. The van der Waals surface area contributed by atoms with Gasteiger partial charge in [-0.25, -0.2) is 0 Å². The lowest BCUT2D eigenvalue weighted by Crippen LogP contribution is -2.33. The quantitative estimate of drug-likeness (QED) is 0.560. The first-order chi connectivity index (χ1) is 13.6. The molecule has 1 aromatic heterocycles. The maximum absolute atomic E-state index is 12.9. The van der Waals surface area contributed by atoms with Crippen molar-refractivity contribution in [1.29, 1.82) is 0 Å². The highest BCUT2D eigenvalue weighted by Crippen LogP contribution is 2.37. The lowest BCUT2D eigenvalue weighted by atomic mass is 10.1. The normalized spacial score (nSPS) is 16.5. The number of anilines is 1. The largest absolute Gasteiger partial charge is 0.411 e. The lowest BCUT2D eigenvalue weighted by Gasteiger charge is -2.22. The summed E-state index contributed by atoms with van der Waals surface area (Å²) < 4.78 is 5.77. The Morgan fingerprint density at radius 2 is 2.00 bits per heavy atom. The van der Waals surface area contributed by atoms with E-state index in [1.165, 1.54) is 11.8 Å². The Bertz CT molecular complexity index is 989. The van der Waals surface area contributed by atoms with Gasteiger partial charge in [0.05, 0.1) is 11.4 Å². The van der Waals surface area contributed by atoms with Crippen LogP contribution >= 0.6 is 23.5 Å². The summed E-state index contributed by atoms with van der Waals surface area (Å²) in [6.45, 7) is 4.93. The summed E-state index contributed by atoms with van der Waals surface area (Å²) in [4.78, 5) is 16.0. The maximum Gasteiger partial charge on any atom is 0.277 e. The summed E-state index contributed by atoms with van der Waals surface area (Å²) in [5, 5.41) is 9.13. The van der Waals surface area contributed by atoms with E-state index < -0.39 is 0 Å². The Morgan fingerprint density at radius 3 is 2.86 bits per heavy atom. The molecule has 0 unspecified atom stereocenters. The van der Waals surface area contributed by atoms with Gasteiger partial charge in [-0.05, 0) is 37.1 Å². The molecule has 0 saturated heterocycles. The molecule has 5 nitrogen and oxygen atoms in total. The average molecular weight is 412 g/mol. The van der Waals surface area contributed by atoms with Crippen molar-refractivity contribution in [1.82, 2.24) is 10.2 Å². The highest BCUT2D eigenvalue weighted by Gasteiger charge is 2.24. The van der Waals surface area contributed by atoms with Gasteiger partial charge in [0.1, 0.15) is 0 Å². The summed E-state index contributed by atoms with van der Waals surface area (Å²) >= 11 is 3.12. The van der Waals surface area contributed by atoms with Crippen LogP contribution in [-0.4, -0.2) is 33.7 Å². The monoisotopic (exact) mass is 411 g/mol. The molecular weight excluding hydrogens is 390 g/mol. The third-order valence-electron chi connectivity index (χ3n) is 4.65. The molecule has 0 radical (unpaired) electrons. The topological polar surface area (TPSA) is 59.2 Å². The molecule has 0 fully saturated rings. The maximum atomic E-state index is 12.9. The zero-order valence-corrected chi connectivity index (χ0v) is 17.4. The predicted molar refractivity (Wildman–Crippen MR) is 114 cm³/mol. The highest BCUT2D eigenvalue weighted by molar-refractivity contribution is 8.00. The molecule has 1 aliphatic heterocycles. The van der Waals surface area contributed by atoms with Crippen LogP contribution < -0.4 is 4.90 Å². The van der Waals surface area contributed by atoms with E-state index >= 15 is 0 Å². The number of hydrogen-bond acceptors (Lipinski definition) is 6. The minimum absolute atomic E-state index is 0.0581. The summed E-state index contributed by atoms with van der Waals surface area (Å²) in [5.41, 5.74) is 2.99. The van der Waals surface area contributed by atoms with Gasteiger partial charge in [0.15, 0.2) is 0 Å². The number of benzene rings is 2. The van der Waals surface area contributed by atoms with Crippen molar-refractivity contribution in [3.8, 4) is 11.5 Å². The van der Waals surface area contributed by atoms with Crippen molar-refractivity contribution in [3.63, 3.8) is 0 Å². The molecule has 0 bridgehead atoms. The van der Waals surface area contributed by atoms with Crippen LogP contribution in [0.1, 0.15) is 18.9 Å². The van der Waals surface area contributed by atoms with Crippen molar-refractivity contribution in [2.45, 2.75) is 35.6 Å². The van der Waals surface area contributed by atoms with Crippen LogP contribution in [0.5, 0.6) is 0 Å². The summed E-state index contributed by atoms with van der Waals surface area (Å²) in [6, 6.07) is 16.0. The van der Waals surface area contributed by atoms with E-state index in [0.717, 1.165) is 34.7 Å². The Hall–Kier alpha value is -2.25. The van der Waals surface area contributed by atoms with Gasteiger partial charge in [-0.15, -0.1) is 22.0 Å². The first-order valence-corrected chi connectivity index (χ1v) is 11.1. The van der Waals surface area contributed by atoms with Crippen LogP contribution in [0.25, 0.3) is 11.5 Å². The molecule has 1 aliphatic rings. The third-order valence-corrected chi connectivity index (χ3v) is 6.69. The predicted octanol–water partition coefficient (Wildman–Crippen LogP) is 5.05. The number of aromatic nitrogens is 2. The molecule has 0 N–H and O–H groups in total. The number of hydrogen-bond donors (Lipinski definition) is 0. The number of thioether (sulfide) groups is 2. The second-order valence-electron chi connectivity index (χ2n) is 6.71. The standard InChI is InChI=1S/C21H21N3O2S2/c1-14-7-3-4-8-16(14)20-22-23-21(26-20)27-13-19(25)24-12-11-15(2)28-18-10-6-5-9-17(18)24/h3-10,15H,11-13H2,1-2H3/t15-/m0/s1. The fraction of sp³-hybridized carbons (Fsp3) is 0.286. The summed E-state index contributed by atoms with van der Waals surface area (Å²) in [6.07, 6.45) is 0.966. The van der Waals surface area contributed by atoms with Crippen LogP contribution in [-0.2, 0) is 4.79 Å². The zero-order valence-electron chi connectivity index (χ0n) is 15.8. The van der Waals surface area contributed by atoms with Gasteiger partial charge in [0.2, 0.25) is 11.8 Å².